The lowest BCUT2D eigenvalue weighted by Gasteiger charge is -2.56. The molecule has 5 atom stereocenters. The van der Waals surface area contributed by atoms with Crippen molar-refractivity contribution < 1.29 is 4.79 Å². The van der Waals surface area contributed by atoms with Gasteiger partial charge in [-0.25, -0.2) is 0 Å². The summed E-state index contributed by atoms with van der Waals surface area (Å²) >= 11 is 0. The van der Waals surface area contributed by atoms with Gasteiger partial charge < -0.3 is 21.7 Å². The minimum atomic E-state index is -0.248. The van der Waals surface area contributed by atoms with Crippen LogP contribution >= 0.6 is 0 Å². The molecule has 4 aliphatic rings. The summed E-state index contributed by atoms with van der Waals surface area (Å²) in [5.41, 5.74) is 19.0. The van der Waals surface area contributed by atoms with Gasteiger partial charge in [0.25, 0.3) is 0 Å². The number of carbonyl (C=O) groups is 1. The quantitative estimate of drug-likeness (QED) is 0.329. The molecule has 2 unspecified atom stereocenters. The fourth-order valence-corrected chi connectivity index (χ4v) is 7.51. The molecular formula is C26H31N5O. The molecular weight excluding hydrogens is 398 g/mol. The first kappa shape index (κ1) is 19.6. The van der Waals surface area contributed by atoms with Gasteiger partial charge in [-0.2, -0.15) is 0 Å². The van der Waals surface area contributed by atoms with E-state index >= 15 is 0 Å². The Morgan fingerprint density at radius 3 is 2.75 bits per heavy atom. The van der Waals surface area contributed by atoms with Gasteiger partial charge in [0, 0.05) is 36.1 Å². The summed E-state index contributed by atoms with van der Waals surface area (Å²) < 4.78 is 0. The third-order valence-electron chi connectivity index (χ3n) is 9.06. The van der Waals surface area contributed by atoms with Crippen molar-refractivity contribution in [1.29, 1.82) is 5.41 Å². The SMILES string of the molecule is CN1c2cc3c(cc2[C@H]2C4CCC(C4)[C@H]2[C@]1(C)c1ccc(N)c(C(=N)N)c1)CCC(=O)N3. The number of nitrogens with zero attached hydrogens (tertiary/aromatic N) is 1. The second-order valence-electron chi connectivity index (χ2n) is 10.4. The Bertz CT molecular complexity index is 1170. The Hall–Kier alpha value is -3.02. The zero-order valence-electron chi connectivity index (χ0n) is 18.7. The Morgan fingerprint density at radius 2 is 1.97 bits per heavy atom. The zero-order valence-corrected chi connectivity index (χ0v) is 18.7. The highest BCUT2D eigenvalue weighted by Crippen LogP contribution is 2.67. The van der Waals surface area contributed by atoms with Crippen LogP contribution < -0.4 is 21.7 Å². The van der Waals surface area contributed by atoms with Crippen LogP contribution in [0.5, 0.6) is 0 Å². The second kappa shape index (κ2) is 6.50. The van der Waals surface area contributed by atoms with Gasteiger partial charge in [-0.1, -0.05) is 12.1 Å². The van der Waals surface area contributed by atoms with E-state index < -0.39 is 0 Å². The first-order chi connectivity index (χ1) is 15.3. The molecule has 0 radical (unpaired) electrons. The maximum absolute atomic E-state index is 12.1. The number of benzene rings is 2. The first-order valence-electron chi connectivity index (χ1n) is 11.7. The molecule has 6 nitrogen and oxygen atoms in total. The predicted molar refractivity (Wildman–Crippen MR) is 128 cm³/mol. The van der Waals surface area contributed by atoms with Crippen LogP contribution in [0.4, 0.5) is 17.1 Å². The number of nitrogens with one attached hydrogen (secondary N) is 2. The van der Waals surface area contributed by atoms with Gasteiger partial charge in [-0.3, -0.25) is 10.2 Å². The fraction of sp³-hybridized carbons (Fsp3) is 0.462. The third-order valence-corrected chi connectivity index (χ3v) is 9.06. The van der Waals surface area contributed by atoms with Crippen LogP contribution in [0.3, 0.4) is 0 Å². The van der Waals surface area contributed by atoms with E-state index in [-0.39, 0.29) is 17.3 Å². The van der Waals surface area contributed by atoms with Crippen LogP contribution in [0.1, 0.15) is 60.8 Å². The number of aryl methyl sites for hydroxylation is 1. The number of amides is 1. The minimum Gasteiger partial charge on any atom is -0.398 e. The van der Waals surface area contributed by atoms with Crippen molar-refractivity contribution in [3.8, 4) is 0 Å². The number of anilines is 3. The van der Waals surface area contributed by atoms with Crippen molar-refractivity contribution >= 4 is 28.8 Å². The van der Waals surface area contributed by atoms with Crippen molar-refractivity contribution in [2.45, 2.75) is 50.5 Å². The molecule has 0 spiro atoms. The van der Waals surface area contributed by atoms with Crippen LogP contribution in [0.25, 0.3) is 0 Å². The molecule has 0 aromatic heterocycles. The number of carbonyl (C=O) groups excluding carboxylic acids is 1. The van der Waals surface area contributed by atoms with E-state index in [0.717, 1.165) is 17.7 Å². The van der Waals surface area contributed by atoms with Crippen molar-refractivity contribution in [3.05, 3.63) is 52.6 Å². The molecule has 2 saturated carbocycles. The molecule has 2 aliphatic carbocycles. The summed E-state index contributed by atoms with van der Waals surface area (Å²) in [5.74, 6) is 2.53. The van der Waals surface area contributed by atoms with E-state index in [9.17, 15) is 4.79 Å². The van der Waals surface area contributed by atoms with Gasteiger partial charge in [0.05, 0.1) is 5.54 Å². The molecule has 2 aromatic carbocycles. The number of hydrogen-bond donors (Lipinski definition) is 4. The van der Waals surface area contributed by atoms with E-state index in [1.54, 1.807) is 0 Å². The van der Waals surface area contributed by atoms with Crippen LogP contribution in [0.15, 0.2) is 30.3 Å². The standard InChI is InChI=1S/C26H31N5O/c1-26(16-6-7-19(27)17(11-16)25(28)29)24-15-4-3-14(9-15)23(24)18-10-13-5-8-22(32)30-20(13)12-21(18)31(26)2/h6-7,10-12,14-15,23-24H,3-5,8-9,27H2,1-2H3,(H3,28,29)(H,30,32)/t14?,15?,23-,24-,26+/m1/s1. The highest BCUT2D eigenvalue weighted by molar-refractivity contribution is 6.00. The van der Waals surface area contributed by atoms with E-state index in [0.29, 0.717) is 41.3 Å². The summed E-state index contributed by atoms with van der Waals surface area (Å²) in [7, 11) is 2.18. The van der Waals surface area contributed by atoms with Crippen molar-refractivity contribution in [2.75, 3.05) is 23.0 Å². The summed E-state index contributed by atoms with van der Waals surface area (Å²) in [4.78, 5) is 14.5. The molecule has 2 aromatic rings. The Balaban J connectivity index is 1.57. The number of nitrogen functional groups attached to an aromatic ring is 2. The smallest absolute Gasteiger partial charge is 0.224 e. The molecule has 2 heterocycles. The van der Waals surface area contributed by atoms with Gasteiger partial charge in [-0.05, 0) is 91.2 Å². The number of hydrogen-bond acceptors (Lipinski definition) is 4. The molecule has 6 rings (SSSR count). The van der Waals surface area contributed by atoms with Crippen molar-refractivity contribution in [1.82, 2.24) is 0 Å². The molecule has 6 N–H and O–H groups in total. The highest BCUT2D eigenvalue weighted by Gasteiger charge is 2.60. The van der Waals surface area contributed by atoms with Gasteiger partial charge in [0.15, 0.2) is 0 Å². The Labute approximate surface area is 188 Å². The predicted octanol–water partition coefficient (Wildman–Crippen LogP) is 3.93. The Kier molecular flexibility index (Phi) is 3.99. The topological polar surface area (TPSA) is 108 Å². The molecule has 2 bridgehead atoms. The fourth-order valence-electron chi connectivity index (χ4n) is 7.51. The van der Waals surface area contributed by atoms with Crippen LogP contribution in [-0.2, 0) is 16.8 Å². The summed E-state index contributed by atoms with van der Waals surface area (Å²) in [6, 6.07) is 10.6. The molecule has 32 heavy (non-hydrogen) atoms. The molecule has 0 saturated heterocycles. The van der Waals surface area contributed by atoms with E-state index in [1.165, 1.54) is 36.1 Å². The molecule has 2 fully saturated rings. The third kappa shape index (κ3) is 2.46. The zero-order chi connectivity index (χ0) is 22.4. The van der Waals surface area contributed by atoms with Gasteiger partial charge in [0.1, 0.15) is 5.84 Å². The van der Waals surface area contributed by atoms with E-state index in [2.05, 4.69) is 42.4 Å². The lowest BCUT2D eigenvalue weighted by molar-refractivity contribution is -0.116. The number of amidine groups is 1. The lowest BCUT2D eigenvalue weighted by atomic mass is 9.60. The molecule has 166 valence electrons. The highest BCUT2D eigenvalue weighted by atomic mass is 16.1. The van der Waals surface area contributed by atoms with Crippen LogP contribution in [0.2, 0.25) is 0 Å². The molecule has 1 amide bonds. The van der Waals surface area contributed by atoms with Gasteiger partial charge in [-0.15, -0.1) is 0 Å². The molecule has 6 heteroatoms. The van der Waals surface area contributed by atoms with E-state index in [1.807, 2.05) is 12.1 Å². The average Bonchev–Trinajstić information content (AvgIpc) is 3.39. The average molecular weight is 430 g/mol. The first-order valence-corrected chi connectivity index (χ1v) is 11.7. The normalized spacial score (nSPS) is 32.2. The summed E-state index contributed by atoms with van der Waals surface area (Å²) in [6.45, 7) is 2.35. The number of fused-ring (bicyclic) bond motifs is 8. The maximum atomic E-state index is 12.1. The van der Waals surface area contributed by atoms with E-state index in [4.69, 9.17) is 16.9 Å². The number of nitrogens with two attached hydrogens (primary N) is 2. The second-order valence-corrected chi connectivity index (χ2v) is 10.4. The van der Waals surface area contributed by atoms with Crippen LogP contribution in [-0.4, -0.2) is 18.8 Å². The van der Waals surface area contributed by atoms with Gasteiger partial charge in [0.2, 0.25) is 5.91 Å². The van der Waals surface area contributed by atoms with Gasteiger partial charge >= 0.3 is 0 Å². The maximum Gasteiger partial charge on any atom is 0.224 e. The summed E-state index contributed by atoms with van der Waals surface area (Å²) in [6.07, 6.45) is 5.28. The largest absolute Gasteiger partial charge is 0.398 e. The summed E-state index contributed by atoms with van der Waals surface area (Å²) in [5, 5.41) is 11.1. The Morgan fingerprint density at radius 1 is 1.19 bits per heavy atom. The monoisotopic (exact) mass is 429 g/mol. The molecule has 2 aliphatic heterocycles. The number of rotatable bonds is 2. The minimum absolute atomic E-state index is 0.00749. The van der Waals surface area contributed by atoms with Crippen molar-refractivity contribution in [2.24, 2.45) is 23.5 Å². The van der Waals surface area contributed by atoms with Crippen molar-refractivity contribution in [3.63, 3.8) is 0 Å². The lowest BCUT2D eigenvalue weighted by Crippen LogP contribution is -2.54. The van der Waals surface area contributed by atoms with Crippen LogP contribution in [0, 0.1) is 23.2 Å².